The van der Waals surface area contributed by atoms with Crippen LogP contribution in [-0.4, -0.2) is 25.3 Å². The van der Waals surface area contributed by atoms with Gasteiger partial charge in [0.1, 0.15) is 28.6 Å². The summed E-state index contributed by atoms with van der Waals surface area (Å²) in [5.74, 6) is -0.678. The molecule has 0 fully saturated rings. The molecule has 100 valence electrons. The van der Waals surface area contributed by atoms with Crippen LogP contribution in [0.3, 0.4) is 0 Å². The zero-order valence-corrected chi connectivity index (χ0v) is 10.7. The minimum absolute atomic E-state index is 0.0688. The first-order chi connectivity index (χ1) is 9.10. The van der Waals surface area contributed by atoms with Crippen molar-refractivity contribution in [2.45, 2.75) is 6.92 Å². The largest absolute Gasteiger partial charge is 0.496 e. The minimum atomic E-state index is -0.640. The third-order valence-corrected chi connectivity index (χ3v) is 2.68. The van der Waals surface area contributed by atoms with Crippen molar-refractivity contribution >= 4 is 5.97 Å². The molecular weight excluding hydrogens is 253 g/mol. The number of aryl methyl sites for hydroxylation is 1. The minimum Gasteiger partial charge on any atom is -0.496 e. The molecule has 1 aromatic carbocycles. The smallest absolute Gasteiger partial charge is 0.343 e. The Morgan fingerprint density at radius 2 is 2.11 bits per heavy atom. The van der Waals surface area contributed by atoms with Crippen molar-refractivity contribution in [2.24, 2.45) is 0 Å². The molecule has 0 atom stereocenters. The number of nitrogens with zero attached hydrogens (tertiary/aromatic N) is 1. The highest BCUT2D eigenvalue weighted by atomic mass is 19.1. The Labute approximate surface area is 108 Å². The molecule has 0 N–H and O–H groups in total. The first-order valence-corrected chi connectivity index (χ1v) is 5.47. The molecule has 2 rings (SSSR count). The van der Waals surface area contributed by atoms with Crippen LogP contribution < -0.4 is 4.74 Å². The van der Waals surface area contributed by atoms with Gasteiger partial charge in [-0.1, -0.05) is 11.2 Å². The van der Waals surface area contributed by atoms with Crippen LogP contribution in [0.25, 0.3) is 11.3 Å². The van der Waals surface area contributed by atoms with E-state index >= 15 is 0 Å². The second kappa shape index (κ2) is 5.09. The molecule has 0 saturated heterocycles. The highest BCUT2D eigenvalue weighted by molar-refractivity contribution is 5.97. The number of ether oxygens (including phenoxy) is 2. The van der Waals surface area contributed by atoms with Gasteiger partial charge < -0.3 is 14.0 Å². The van der Waals surface area contributed by atoms with Crippen molar-refractivity contribution in [2.75, 3.05) is 14.2 Å². The standard InChI is InChI=1S/C13H12FNO4/c1-7-10(13(16)18-3)12(15-19-7)11-8(14)5-4-6-9(11)17-2/h4-6H,1-3H3. The molecule has 0 aliphatic heterocycles. The average Bonchev–Trinajstić information content (AvgIpc) is 2.79. The highest BCUT2D eigenvalue weighted by Crippen LogP contribution is 2.35. The normalized spacial score (nSPS) is 10.3. The van der Waals surface area contributed by atoms with Gasteiger partial charge in [-0.05, 0) is 19.1 Å². The molecule has 5 nitrogen and oxygen atoms in total. The lowest BCUT2D eigenvalue weighted by Gasteiger charge is -2.08. The molecule has 0 unspecified atom stereocenters. The number of carbonyl (C=O) groups is 1. The van der Waals surface area contributed by atoms with Gasteiger partial charge in [-0.15, -0.1) is 0 Å². The molecule has 0 radical (unpaired) electrons. The molecule has 19 heavy (non-hydrogen) atoms. The van der Waals surface area contributed by atoms with Gasteiger partial charge in [0.05, 0.1) is 19.8 Å². The Balaban J connectivity index is 2.70. The summed E-state index contributed by atoms with van der Waals surface area (Å²) in [6.07, 6.45) is 0. The van der Waals surface area contributed by atoms with E-state index in [1.165, 1.54) is 26.4 Å². The first kappa shape index (κ1) is 13.1. The van der Waals surface area contributed by atoms with E-state index in [0.29, 0.717) is 0 Å². The van der Waals surface area contributed by atoms with Crippen LogP contribution in [0.15, 0.2) is 22.7 Å². The summed E-state index contributed by atoms with van der Waals surface area (Å²) in [6.45, 7) is 1.55. The number of halogens is 1. The Hall–Kier alpha value is -2.37. The first-order valence-electron chi connectivity index (χ1n) is 5.47. The summed E-state index contributed by atoms with van der Waals surface area (Å²) >= 11 is 0. The van der Waals surface area contributed by atoms with Crippen molar-refractivity contribution in [1.82, 2.24) is 5.16 Å². The van der Waals surface area contributed by atoms with Gasteiger partial charge in [-0.25, -0.2) is 9.18 Å². The number of hydrogen-bond acceptors (Lipinski definition) is 5. The van der Waals surface area contributed by atoms with E-state index in [1.807, 2.05) is 0 Å². The maximum absolute atomic E-state index is 14.0. The van der Waals surface area contributed by atoms with E-state index < -0.39 is 11.8 Å². The predicted molar refractivity (Wildman–Crippen MR) is 64.5 cm³/mol. The topological polar surface area (TPSA) is 61.6 Å². The number of benzene rings is 1. The molecule has 0 aliphatic carbocycles. The zero-order chi connectivity index (χ0) is 14.0. The molecule has 1 heterocycles. The van der Waals surface area contributed by atoms with Crippen LogP contribution in [0.1, 0.15) is 16.1 Å². The van der Waals surface area contributed by atoms with E-state index in [9.17, 15) is 9.18 Å². The van der Waals surface area contributed by atoms with Crippen molar-refractivity contribution in [3.8, 4) is 17.0 Å². The monoisotopic (exact) mass is 265 g/mol. The van der Waals surface area contributed by atoms with E-state index in [2.05, 4.69) is 9.89 Å². The van der Waals surface area contributed by atoms with Gasteiger partial charge in [0.15, 0.2) is 0 Å². The maximum atomic E-state index is 14.0. The van der Waals surface area contributed by atoms with E-state index in [4.69, 9.17) is 9.26 Å². The molecule has 6 heteroatoms. The van der Waals surface area contributed by atoms with Gasteiger partial charge in [-0.2, -0.15) is 0 Å². The van der Waals surface area contributed by atoms with Gasteiger partial charge in [0.2, 0.25) is 0 Å². The van der Waals surface area contributed by atoms with Crippen LogP contribution in [0.5, 0.6) is 5.75 Å². The van der Waals surface area contributed by atoms with Crippen molar-refractivity contribution < 1.29 is 23.2 Å². The maximum Gasteiger partial charge on any atom is 0.343 e. The van der Waals surface area contributed by atoms with Crippen molar-refractivity contribution in [3.05, 3.63) is 35.3 Å². The van der Waals surface area contributed by atoms with E-state index in [-0.39, 0.29) is 28.3 Å². The fraction of sp³-hybridized carbons (Fsp3) is 0.231. The Morgan fingerprint density at radius 3 is 2.74 bits per heavy atom. The lowest BCUT2D eigenvalue weighted by molar-refractivity contribution is 0.0599. The van der Waals surface area contributed by atoms with E-state index in [0.717, 1.165) is 0 Å². The average molecular weight is 265 g/mol. The second-order valence-electron chi connectivity index (χ2n) is 3.77. The summed E-state index contributed by atoms with van der Waals surface area (Å²) in [5.41, 5.74) is 0.229. The predicted octanol–water partition coefficient (Wildman–Crippen LogP) is 2.58. The van der Waals surface area contributed by atoms with Crippen LogP contribution in [-0.2, 0) is 4.74 Å². The second-order valence-corrected chi connectivity index (χ2v) is 3.77. The number of methoxy groups -OCH3 is 2. The van der Waals surface area contributed by atoms with Crippen LogP contribution >= 0.6 is 0 Å². The number of hydrogen-bond donors (Lipinski definition) is 0. The van der Waals surface area contributed by atoms with Gasteiger partial charge in [0.25, 0.3) is 0 Å². The summed E-state index contributed by atoms with van der Waals surface area (Å²) in [6, 6.07) is 4.33. The van der Waals surface area contributed by atoms with Crippen LogP contribution in [0.2, 0.25) is 0 Å². The molecule has 0 bridgehead atoms. The molecule has 0 amide bonds. The fourth-order valence-electron chi connectivity index (χ4n) is 1.79. The Kier molecular flexibility index (Phi) is 3.50. The summed E-state index contributed by atoms with van der Waals surface area (Å²) in [4.78, 5) is 11.7. The Bertz CT molecular complexity index is 621. The Morgan fingerprint density at radius 1 is 1.37 bits per heavy atom. The van der Waals surface area contributed by atoms with E-state index in [1.54, 1.807) is 13.0 Å². The third-order valence-electron chi connectivity index (χ3n) is 2.68. The van der Waals surface area contributed by atoms with Gasteiger partial charge in [-0.3, -0.25) is 0 Å². The summed E-state index contributed by atoms with van der Waals surface area (Å²) in [7, 11) is 2.64. The lowest BCUT2D eigenvalue weighted by Crippen LogP contribution is -2.05. The lowest BCUT2D eigenvalue weighted by atomic mass is 10.0. The quantitative estimate of drug-likeness (QED) is 0.798. The molecule has 0 spiro atoms. The van der Waals surface area contributed by atoms with Crippen LogP contribution in [0.4, 0.5) is 4.39 Å². The van der Waals surface area contributed by atoms with Crippen molar-refractivity contribution in [1.29, 1.82) is 0 Å². The summed E-state index contributed by atoms with van der Waals surface area (Å²) in [5, 5.41) is 3.73. The molecule has 0 aliphatic rings. The number of aromatic nitrogens is 1. The number of carbonyl (C=O) groups excluding carboxylic acids is 1. The molecule has 2 aromatic rings. The third kappa shape index (κ3) is 2.16. The molecular formula is C13H12FNO4. The van der Waals surface area contributed by atoms with Crippen LogP contribution in [0, 0.1) is 12.7 Å². The molecule has 0 saturated carbocycles. The molecule has 1 aromatic heterocycles. The number of rotatable bonds is 3. The highest BCUT2D eigenvalue weighted by Gasteiger charge is 2.26. The number of esters is 1. The zero-order valence-electron chi connectivity index (χ0n) is 10.7. The SMILES string of the molecule is COC(=O)c1c(-c2c(F)cccc2OC)noc1C. The van der Waals surface area contributed by atoms with Crippen molar-refractivity contribution in [3.63, 3.8) is 0 Å². The fourth-order valence-corrected chi connectivity index (χ4v) is 1.79. The van der Waals surface area contributed by atoms with Gasteiger partial charge in [0, 0.05) is 0 Å². The summed E-state index contributed by atoms with van der Waals surface area (Å²) < 4.78 is 28.7. The van der Waals surface area contributed by atoms with Gasteiger partial charge >= 0.3 is 5.97 Å².